The average Bonchev–Trinajstić information content (AvgIpc) is 3.10. The molecule has 1 aliphatic heterocycles. The van der Waals surface area contributed by atoms with Crippen LogP contribution in [0.4, 0.5) is 5.69 Å². The largest absolute Gasteiger partial charge is 0.449 e. The van der Waals surface area contributed by atoms with Gasteiger partial charge in [-0.2, -0.15) is 5.26 Å². The highest BCUT2D eigenvalue weighted by Gasteiger charge is 2.39. The lowest BCUT2D eigenvalue weighted by Gasteiger charge is -2.32. The van der Waals surface area contributed by atoms with Gasteiger partial charge in [-0.15, -0.1) is 0 Å². The Morgan fingerprint density at radius 1 is 1.03 bits per heavy atom. The van der Waals surface area contributed by atoms with Gasteiger partial charge in [-0.05, 0) is 69.0 Å². The van der Waals surface area contributed by atoms with Crippen LogP contribution >= 0.6 is 0 Å². The van der Waals surface area contributed by atoms with E-state index in [1.54, 1.807) is 6.07 Å². The molecule has 0 spiro atoms. The Hall–Kier alpha value is -3.99. The first-order valence-corrected chi connectivity index (χ1v) is 11.7. The van der Waals surface area contributed by atoms with Gasteiger partial charge in [0.15, 0.2) is 6.10 Å². The Kier molecular flexibility index (Phi) is 6.44. The lowest BCUT2D eigenvalue weighted by atomic mass is 9.83. The van der Waals surface area contributed by atoms with E-state index in [9.17, 15) is 24.4 Å². The number of hydrogen-bond acceptors (Lipinski definition) is 6. The minimum absolute atomic E-state index is 0.0556. The third-order valence-corrected chi connectivity index (χ3v) is 6.66. The van der Waals surface area contributed by atoms with Crippen molar-refractivity contribution in [2.45, 2.75) is 64.5 Å². The molecule has 1 saturated carbocycles. The van der Waals surface area contributed by atoms with Gasteiger partial charge in [0.25, 0.3) is 17.7 Å². The molecule has 2 aromatic rings. The van der Waals surface area contributed by atoms with Gasteiger partial charge < -0.3 is 10.1 Å². The maximum atomic E-state index is 13.1. The second-order valence-corrected chi connectivity index (χ2v) is 9.29. The zero-order valence-corrected chi connectivity index (χ0v) is 20.0. The number of imide groups is 1. The van der Waals surface area contributed by atoms with Crippen molar-refractivity contribution in [3.8, 4) is 6.07 Å². The van der Waals surface area contributed by atoms with E-state index in [1.807, 2.05) is 26.0 Å². The standard InChI is InChI=1S/C27H27N3O5/c1-16-7-8-17(2)22(13-16)30-24(32)20-10-9-19(14-21(20)25(30)33)26(34)35-18(3)23(31)29-27(15-28)11-5-4-6-12-27/h7-10,13-14,18H,4-6,11-12H2,1-3H3,(H,29,31)/t18-/m0/s1. The van der Waals surface area contributed by atoms with Crippen LogP contribution in [0.15, 0.2) is 36.4 Å². The summed E-state index contributed by atoms with van der Waals surface area (Å²) in [5.74, 6) is -2.32. The molecule has 2 aliphatic rings. The van der Waals surface area contributed by atoms with Crippen LogP contribution < -0.4 is 10.2 Å². The summed E-state index contributed by atoms with van der Waals surface area (Å²) < 4.78 is 5.33. The van der Waals surface area contributed by atoms with Crippen molar-refractivity contribution >= 4 is 29.4 Å². The summed E-state index contributed by atoms with van der Waals surface area (Å²) in [4.78, 5) is 52.6. The number of ether oxygens (including phenoxy) is 1. The summed E-state index contributed by atoms with van der Waals surface area (Å²) in [6, 6.07) is 11.9. The van der Waals surface area contributed by atoms with Crippen molar-refractivity contribution in [1.29, 1.82) is 5.26 Å². The Labute approximate surface area is 203 Å². The van der Waals surface area contributed by atoms with E-state index in [0.29, 0.717) is 18.5 Å². The Bertz CT molecular complexity index is 1270. The zero-order valence-electron chi connectivity index (χ0n) is 20.0. The second-order valence-electron chi connectivity index (χ2n) is 9.29. The number of benzene rings is 2. The molecule has 0 aromatic heterocycles. The topological polar surface area (TPSA) is 117 Å². The van der Waals surface area contributed by atoms with E-state index >= 15 is 0 Å². The fourth-order valence-corrected chi connectivity index (χ4v) is 4.59. The maximum Gasteiger partial charge on any atom is 0.338 e. The first-order valence-electron chi connectivity index (χ1n) is 11.7. The number of fused-ring (bicyclic) bond motifs is 1. The molecule has 1 atom stereocenters. The molecule has 0 unspecified atom stereocenters. The number of rotatable bonds is 5. The highest BCUT2D eigenvalue weighted by molar-refractivity contribution is 6.35. The normalized spacial score (nSPS) is 17.4. The molecule has 1 fully saturated rings. The molecule has 0 saturated heterocycles. The molecule has 0 bridgehead atoms. The summed E-state index contributed by atoms with van der Waals surface area (Å²) in [7, 11) is 0. The van der Waals surface area contributed by atoms with Crippen LogP contribution in [-0.2, 0) is 9.53 Å². The number of anilines is 1. The van der Waals surface area contributed by atoms with Gasteiger partial charge in [0.05, 0.1) is 28.4 Å². The molecule has 8 nitrogen and oxygen atoms in total. The number of nitriles is 1. The lowest BCUT2D eigenvalue weighted by Crippen LogP contribution is -2.52. The number of carbonyl (C=O) groups is 4. The number of hydrogen-bond donors (Lipinski definition) is 1. The molecular formula is C27H27N3O5. The molecule has 1 aliphatic carbocycles. The minimum Gasteiger partial charge on any atom is -0.449 e. The SMILES string of the molecule is Cc1ccc(C)c(N2C(=O)c3ccc(C(=O)O[C@@H](C)C(=O)NC4(C#N)CCCCC4)cc3C2=O)c1. The summed E-state index contributed by atoms with van der Waals surface area (Å²) in [6.45, 7) is 5.13. The monoisotopic (exact) mass is 473 g/mol. The Balaban J connectivity index is 1.50. The van der Waals surface area contributed by atoms with Gasteiger partial charge in [-0.1, -0.05) is 31.4 Å². The van der Waals surface area contributed by atoms with Crippen LogP contribution in [0.2, 0.25) is 0 Å². The fraction of sp³-hybridized carbons (Fsp3) is 0.370. The van der Waals surface area contributed by atoms with Crippen LogP contribution in [0.3, 0.4) is 0 Å². The first kappa shape index (κ1) is 24.1. The van der Waals surface area contributed by atoms with Gasteiger partial charge in [0, 0.05) is 0 Å². The lowest BCUT2D eigenvalue weighted by molar-refractivity contribution is -0.130. The van der Waals surface area contributed by atoms with Crippen LogP contribution in [-0.4, -0.2) is 35.3 Å². The molecule has 2 aromatic carbocycles. The maximum absolute atomic E-state index is 13.1. The van der Waals surface area contributed by atoms with Gasteiger partial charge in [0.1, 0.15) is 5.54 Å². The highest BCUT2D eigenvalue weighted by Crippen LogP contribution is 2.32. The number of esters is 1. The van der Waals surface area contributed by atoms with Crippen molar-refractivity contribution in [2.24, 2.45) is 0 Å². The summed E-state index contributed by atoms with van der Waals surface area (Å²) >= 11 is 0. The van der Waals surface area contributed by atoms with Crippen molar-refractivity contribution < 1.29 is 23.9 Å². The van der Waals surface area contributed by atoms with Gasteiger partial charge in [-0.25, -0.2) is 9.69 Å². The van der Waals surface area contributed by atoms with E-state index in [4.69, 9.17) is 4.74 Å². The number of amides is 3. The quantitative estimate of drug-likeness (QED) is 0.518. The summed E-state index contributed by atoms with van der Waals surface area (Å²) in [6.07, 6.45) is 2.71. The van der Waals surface area contributed by atoms with Crippen LogP contribution in [0.25, 0.3) is 0 Å². The van der Waals surface area contributed by atoms with E-state index in [1.165, 1.54) is 25.1 Å². The van der Waals surface area contributed by atoms with Crippen LogP contribution in [0.5, 0.6) is 0 Å². The Morgan fingerprint density at radius 2 is 1.71 bits per heavy atom. The molecule has 4 rings (SSSR count). The van der Waals surface area contributed by atoms with E-state index in [2.05, 4.69) is 11.4 Å². The third-order valence-electron chi connectivity index (χ3n) is 6.66. The number of nitrogens with zero attached hydrogens (tertiary/aromatic N) is 2. The van der Waals surface area contributed by atoms with Crippen LogP contribution in [0.1, 0.15) is 81.2 Å². The van der Waals surface area contributed by atoms with Crippen molar-refractivity contribution in [3.05, 3.63) is 64.2 Å². The van der Waals surface area contributed by atoms with Gasteiger partial charge >= 0.3 is 5.97 Å². The molecular weight excluding hydrogens is 446 g/mol. The Morgan fingerprint density at radius 3 is 2.40 bits per heavy atom. The van der Waals surface area contributed by atoms with Crippen molar-refractivity contribution in [2.75, 3.05) is 4.90 Å². The number of aryl methyl sites for hydroxylation is 2. The third kappa shape index (κ3) is 4.54. The molecule has 3 amide bonds. The smallest absolute Gasteiger partial charge is 0.338 e. The van der Waals surface area contributed by atoms with E-state index in [0.717, 1.165) is 35.3 Å². The zero-order chi connectivity index (χ0) is 25.3. The van der Waals surface area contributed by atoms with Crippen molar-refractivity contribution in [1.82, 2.24) is 5.32 Å². The molecule has 35 heavy (non-hydrogen) atoms. The van der Waals surface area contributed by atoms with E-state index < -0.39 is 35.3 Å². The first-order chi connectivity index (χ1) is 16.7. The molecule has 1 heterocycles. The fourth-order valence-electron chi connectivity index (χ4n) is 4.59. The number of carbonyl (C=O) groups excluding carboxylic acids is 4. The summed E-state index contributed by atoms with van der Waals surface area (Å²) in [5.41, 5.74) is 1.61. The van der Waals surface area contributed by atoms with Crippen molar-refractivity contribution in [3.63, 3.8) is 0 Å². The average molecular weight is 474 g/mol. The summed E-state index contributed by atoms with van der Waals surface area (Å²) in [5, 5.41) is 12.3. The van der Waals surface area contributed by atoms with E-state index in [-0.39, 0.29) is 16.7 Å². The van der Waals surface area contributed by atoms with Gasteiger partial charge in [-0.3, -0.25) is 14.4 Å². The molecule has 180 valence electrons. The highest BCUT2D eigenvalue weighted by atomic mass is 16.5. The predicted molar refractivity (Wildman–Crippen MR) is 128 cm³/mol. The molecule has 0 radical (unpaired) electrons. The molecule has 8 heteroatoms. The molecule has 1 N–H and O–H groups in total. The predicted octanol–water partition coefficient (Wildman–Crippen LogP) is 3.99. The van der Waals surface area contributed by atoms with Gasteiger partial charge in [0.2, 0.25) is 0 Å². The minimum atomic E-state index is -1.13. The van der Waals surface area contributed by atoms with Crippen LogP contribution in [0, 0.1) is 25.2 Å². The second kappa shape index (κ2) is 9.34. The number of nitrogens with one attached hydrogen (secondary N) is 1.